The molecule has 2 N–H and O–H groups in total. The molecule has 5 nitrogen and oxygen atoms in total. The van der Waals surface area contributed by atoms with E-state index in [2.05, 4.69) is 10.3 Å². The Morgan fingerprint density at radius 3 is 2.65 bits per heavy atom. The average Bonchev–Trinajstić information content (AvgIpc) is 3.25. The van der Waals surface area contributed by atoms with E-state index in [1.54, 1.807) is 29.8 Å². The van der Waals surface area contributed by atoms with Crippen LogP contribution in [0.15, 0.2) is 35.2 Å². The summed E-state index contributed by atoms with van der Waals surface area (Å²) in [5.41, 5.74) is 2.79. The zero-order chi connectivity index (χ0) is 16.1. The Morgan fingerprint density at radius 1 is 1.30 bits per heavy atom. The molecule has 1 saturated carbocycles. The van der Waals surface area contributed by atoms with Crippen molar-refractivity contribution >= 4 is 17.2 Å². The van der Waals surface area contributed by atoms with Crippen LogP contribution in [0.3, 0.4) is 0 Å². The van der Waals surface area contributed by atoms with Gasteiger partial charge in [0.15, 0.2) is 0 Å². The molecule has 0 bridgehead atoms. The highest BCUT2D eigenvalue weighted by molar-refractivity contribution is 7.07. The Kier molecular flexibility index (Phi) is 4.93. The lowest BCUT2D eigenvalue weighted by Crippen LogP contribution is -2.49. The maximum absolute atomic E-state index is 12.3. The first-order chi connectivity index (χ1) is 11.2. The molecule has 3 rings (SSSR count). The van der Waals surface area contributed by atoms with Crippen LogP contribution in [0.5, 0.6) is 5.75 Å². The van der Waals surface area contributed by atoms with Crippen molar-refractivity contribution in [3.8, 4) is 5.75 Å². The minimum Gasteiger partial charge on any atom is -0.487 e. The van der Waals surface area contributed by atoms with E-state index in [1.807, 2.05) is 5.38 Å². The highest BCUT2D eigenvalue weighted by Gasteiger charge is 2.34. The second-order valence-electron chi connectivity index (χ2n) is 5.89. The van der Waals surface area contributed by atoms with Crippen molar-refractivity contribution in [1.29, 1.82) is 0 Å². The van der Waals surface area contributed by atoms with Gasteiger partial charge in [-0.3, -0.25) is 4.79 Å². The molecular weight excluding hydrogens is 312 g/mol. The third-order valence-electron chi connectivity index (χ3n) is 4.23. The molecule has 0 unspecified atom stereocenters. The molecule has 1 fully saturated rings. The fourth-order valence-electron chi connectivity index (χ4n) is 2.86. The van der Waals surface area contributed by atoms with Crippen LogP contribution >= 0.6 is 11.3 Å². The largest absolute Gasteiger partial charge is 0.487 e. The van der Waals surface area contributed by atoms with Crippen LogP contribution in [0.2, 0.25) is 0 Å². The molecule has 1 aliphatic rings. The molecule has 0 saturated heterocycles. The topological polar surface area (TPSA) is 71.5 Å². The van der Waals surface area contributed by atoms with Crippen molar-refractivity contribution in [2.45, 2.75) is 37.8 Å². The van der Waals surface area contributed by atoms with Crippen molar-refractivity contribution in [2.24, 2.45) is 0 Å². The quantitative estimate of drug-likeness (QED) is 0.853. The van der Waals surface area contributed by atoms with Gasteiger partial charge < -0.3 is 15.2 Å². The Balaban J connectivity index is 1.59. The Labute approximate surface area is 139 Å². The van der Waals surface area contributed by atoms with Gasteiger partial charge in [-0.1, -0.05) is 12.8 Å². The monoisotopic (exact) mass is 332 g/mol. The fourth-order valence-corrected chi connectivity index (χ4v) is 3.40. The van der Waals surface area contributed by atoms with Crippen LogP contribution in [0.1, 0.15) is 41.7 Å². The highest BCUT2D eigenvalue weighted by Crippen LogP contribution is 2.29. The summed E-state index contributed by atoms with van der Waals surface area (Å²) in [5, 5.41) is 14.5. The first-order valence-corrected chi connectivity index (χ1v) is 8.68. The van der Waals surface area contributed by atoms with Gasteiger partial charge in [0.05, 0.1) is 23.4 Å². The summed E-state index contributed by atoms with van der Waals surface area (Å²) in [6.07, 6.45) is 3.77. The molecule has 1 amide bonds. The van der Waals surface area contributed by atoms with E-state index >= 15 is 0 Å². The summed E-state index contributed by atoms with van der Waals surface area (Å²) < 4.78 is 5.63. The second kappa shape index (κ2) is 7.10. The van der Waals surface area contributed by atoms with E-state index < -0.39 is 5.54 Å². The van der Waals surface area contributed by atoms with Gasteiger partial charge in [0.1, 0.15) is 12.4 Å². The van der Waals surface area contributed by atoms with Gasteiger partial charge in [0, 0.05) is 10.9 Å². The standard InChI is InChI=1S/C17H20N2O3S/c20-11-17(7-1-2-8-17)19-16(21)13-3-5-15(6-4-13)22-9-14-10-23-12-18-14/h3-6,10,12,20H,1-2,7-9,11H2,(H,19,21). The second-order valence-corrected chi connectivity index (χ2v) is 6.61. The molecule has 0 spiro atoms. The molecule has 1 heterocycles. The highest BCUT2D eigenvalue weighted by atomic mass is 32.1. The third kappa shape index (κ3) is 3.89. The van der Waals surface area contributed by atoms with Crippen molar-refractivity contribution in [2.75, 3.05) is 6.61 Å². The maximum atomic E-state index is 12.3. The van der Waals surface area contributed by atoms with Crippen molar-refractivity contribution in [3.63, 3.8) is 0 Å². The summed E-state index contributed by atoms with van der Waals surface area (Å²) in [4.78, 5) is 16.5. The number of nitrogens with one attached hydrogen (secondary N) is 1. The number of nitrogens with zero attached hydrogens (tertiary/aromatic N) is 1. The van der Waals surface area contributed by atoms with E-state index in [0.29, 0.717) is 17.9 Å². The van der Waals surface area contributed by atoms with Gasteiger partial charge >= 0.3 is 0 Å². The summed E-state index contributed by atoms with van der Waals surface area (Å²) in [5.74, 6) is 0.555. The number of amides is 1. The number of aliphatic hydroxyl groups excluding tert-OH is 1. The lowest BCUT2D eigenvalue weighted by Gasteiger charge is -2.28. The number of rotatable bonds is 6. The van der Waals surface area contributed by atoms with E-state index in [4.69, 9.17) is 4.74 Å². The Bertz CT molecular complexity index is 634. The summed E-state index contributed by atoms with van der Waals surface area (Å²) in [6, 6.07) is 7.04. The smallest absolute Gasteiger partial charge is 0.251 e. The molecule has 1 aliphatic carbocycles. The molecule has 0 atom stereocenters. The van der Waals surface area contributed by atoms with Crippen molar-refractivity contribution in [3.05, 3.63) is 46.4 Å². The number of benzene rings is 1. The van der Waals surface area contributed by atoms with Crippen LogP contribution in [0.25, 0.3) is 0 Å². The predicted octanol–water partition coefficient (Wildman–Crippen LogP) is 2.76. The number of hydrogen-bond acceptors (Lipinski definition) is 5. The number of hydrogen-bond donors (Lipinski definition) is 2. The van der Waals surface area contributed by atoms with Gasteiger partial charge in [-0.2, -0.15) is 0 Å². The predicted molar refractivity (Wildman–Crippen MR) is 88.6 cm³/mol. The van der Waals surface area contributed by atoms with Crippen LogP contribution in [0, 0.1) is 0 Å². The van der Waals surface area contributed by atoms with Gasteiger partial charge in [0.2, 0.25) is 0 Å². The zero-order valence-corrected chi connectivity index (χ0v) is 13.6. The molecular formula is C17H20N2O3S. The molecule has 122 valence electrons. The molecule has 1 aromatic carbocycles. The van der Waals surface area contributed by atoms with E-state index in [0.717, 1.165) is 31.4 Å². The lowest BCUT2D eigenvalue weighted by molar-refractivity contribution is 0.0838. The average molecular weight is 332 g/mol. The number of aliphatic hydroxyl groups is 1. The molecule has 0 aliphatic heterocycles. The van der Waals surface area contributed by atoms with E-state index in [1.165, 1.54) is 11.3 Å². The van der Waals surface area contributed by atoms with Crippen LogP contribution < -0.4 is 10.1 Å². The van der Waals surface area contributed by atoms with Crippen LogP contribution in [0.4, 0.5) is 0 Å². The molecule has 0 radical (unpaired) electrons. The van der Waals surface area contributed by atoms with E-state index in [9.17, 15) is 9.90 Å². The van der Waals surface area contributed by atoms with Gasteiger partial charge in [-0.15, -0.1) is 11.3 Å². The lowest BCUT2D eigenvalue weighted by atomic mass is 9.98. The summed E-state index contributed by atoms with van der Waals surface area (Å²) >= 11 is 1.53. The fraction of sp³-hybridized carbons (Fsp3) is 0.412. The Morgan fingerprint density at radius 2 is 2.04 bits per heavy atom. The number of ether oxygens (including phenoxy) is 1. The maximum Gasteiger partial charge on any atom is 0.251 e. The van der Waals surface area contributed by atoms with Gasteiger partial charge in [-0.05, 0) is 37.1 Å². The summed E-state index contributed by atoms with van der Waals surface area (Å²) in [7, 11) is 0. The first kappa shape index (κ1) is 16.0. The van der Waals surface area contributed by atoms with Crippen LogP contribution in [-0.2, 0) is 6.61 Å². The minimum absolute atomic E-state index is 0.00637. The van der Waals surface area contributed by atoms with Crippen molar-refractivity contribution < 1.29 is 14.6 Å². The van der Waals surface area contributed by atoms with Gasteiger partial charge in [0.25, 0.3) is 5.91 Å². The zero-order valence-electron chi connectivity index (χ0n) is 12.8. The minimum atomic E-state index is -0.448. The molecule has 2 aromatic rings. The molecule has 6 heteroatoms. The van der Waals surface area contributed by atoms with Crippen molar-refractivity contribution in [1.82, 2.24) is 10.3 Å². The SMILES string of the molecule is O=C(NC1(CO)CCCC1)c1ccc(OCc2cscn2)cc1. The molecule has 1 aromatic heterocycles. The Hall–Kier alpha value is -1.92. The normalized spacial score (nSPS) is 16.2. The van der Waals surface area contributed by atoms with E-state index in [-0.39, 0.29) is 12.5 Å². The number of thiazole rings is 1. The number of carbonyl (C=O) groups is 1. The summed E-state index contributed by atoms with van der Waals surface area (Å²) in [6.45, 7) is 0.413. The first-order valence-electron chi connectivity index (χ1n) is 7.74. The molecule has 23 heavy (non-hydrogen) atoms. The van der Waals surface area contributed by atoms with Crippen LogP contribution in [-0.4, -0.2) is 28.1 Å². The third-order valence-corrected chi connectivity index (χ3v) is 4.86. The van der Waals surface area contributed by atoms with Gasteiger partial charge in [-0.25, -0.2) is 4.98 Å². The number of aromatic nitrogens is 1. The number of carbonyl (C=O) groups excluding carboxylic acids is 1.